The minimum atomic E-state index is -0.824. The highest BCUT2D eigenvalue weighted by atomic mass is 16.7. The van der Waals surface area contributed by atoms with Crippen LogP contribution in [-0.2, 0) is 9.63 Å². The van der Waals surface area contributed by atoms with E-state index in [2.05, 4.69) is 11.4 Å². The standard InChI is InChI=1S/C8H15NO3/c1-5-7(10)6(2)8(11)9(3)12-4/h5-7,10H,1H2,2-4H3/t6-,7+/m0/s1. The molecule has 2 atom stereocenters. The largest absolute Gasteiger partial charge is 0.388 e. The highest BCUT2D eigenvalue weighted by Crippen LogP contribution is 2.07. The van der Waals surface area contributed by atoms with Crippen LogP contribution in [0, 0.1) is 5.92 Å². The van der Waals surface area contributed by atoms with Gasteiger partial charge in [-0.1, -0.05) is 13.0 Å². The van der Waals surface area contributed by atoms with E-state index in [1.807, 2.05) is 0 Å². The Balaban J connectivity index is 4.18. The fourth-order valence-electron chi connectivity index (χ4n) is 0.727. The third-order valence-electron chi connectivity index (χ3n) is 1.73. The molecule has 70 valence electrons. The molecule has 4 nitrogen and oxygen atoms in total. The summed E-state index contributed by atoms with van der Waals surface area (Å²) < 4.78 is 0. The van der Waals surface area contributed by atoms with Crippen LogP contribution in [0.25, 0.3) is 0 Å². The number of carbonyl (C=O) groups excluding carboxylic acids is 1. The summed E-state index contributed by atoms with van der Waals surface area (Å²) in [5, 5.41) is 10.3. The predicted molar refractivity (Wildman–Crippen MR) is 45.1 cm³/mol. The Hall–Kier alpha value is -0.870. The molecule has 0 unspecified atom stereocenters. The van der Waals surface area contributed by atoms with E-state index in [9.17, 15) is 9.90 Å². The molecule has 0 radical (unpaired) electrons. The van der Waals surface area contributed by atoms with E-state index in [1.54, 1.807) is 6.92 Å². The summed E-state index contributed by atoms with van der Waals surface area (Å²) in [4.78, 5) is 15.9. The van der Waals surface area contributed by atoms with Crippen molar-refractivity contribution in [3.63, 3.8) is 0 Å². The molecular formula is C8H15NO3. The lowest BCUT2D eigenvalue weighted by molar-refractivity contribution is -0.175. The zero-order valence-corrected chi connectivity index (χ0v) is 7.65. The van der Waals surface area contributed by atoms with E-state index in [4.69, 9.17) is 0 Å². The monoisotopic (exact) mass is 173 g/mol. The first-order valence-corrected chi connectivity index (χ1v) is 3.66. The molecule has 0 rings (SSSR count). The van der Waals surface area contributed by atoms with Crippen LogP contribution < -0.4 is 0 Å². The molecule has 0 aliphatic carbocycles. The summed E-state index contributed by atoms with van der Waals surface area (Å²) in [7, 11) is 2.89. The van der Waals surface area contributed by atoms with Crippen molar-refractivity contribution in [3.8, 4) is 0 Å². The molecule has 12 heavy (non-hydrogen) atoms. The van der Waals surface area contributed by atoms with E-state index >= 15 is 0 Å². The van der Waals surface area contributed by atoms with Crippen molar-refractivity contribution in [1.29, 1.82) is 0 Å². The summed E-state index contributed by atoms with van der Waals surface area (Å²) >= 11 is 0. The second-order valence-electron chi connectivity index (χ2n) is 2.53. The molecular weight excluding hydrogens is 158 g/mol. The smallest absolute Gasteiger partial charge is 0.251 e. The fourth-order valence-corrected chi connectivity index (χ4v) is 0.727. The first kappa shape index (κ1) is 11.1. The zero-order chi connectivity index (χ0) is 9.72. The van der Waals surface area contributed by atoms with Crippen LogP contribution >= 0.6 is 0 Å². The van der Waals surface area contributed by atoms with Crippen molar-refractivity contribution >= 4 is 5.91 Å². The Morgan fingerprint density at radius 1 is 1.75 bits per heavy atom. The first-order chi connectivity index (χ1) is 5.54. The number of aliphatic hydroxyl groups excluding tert-OH is 1. The minimum Gasteiger partial charge on any atom is -0.388 e. The van der Waals surface area contributed by atoms with Gasteiger partial charge in [0, 0.05) is 7.05 Å². The molecule has 0 aliphatic rings. The van der Waals surface area contributed by atoms with Gasteiger partial charge in [-0.3, -0.25) is 9.63 Å². The van der Waals surface area contributed by atoms with Gasteiger partial charge in [-0.25, -0.2) is 5.06 Å². The highest BCUT2D eigenvalue weighted by Gasteiger charge is 2.22. The Labute approximate surface area is 72.4 Å². The van der Waals surface area contributed by atoms with E-state index < -0.39 is 12.0 Å². The van der Waals surface area contributed by atoms with Gasteiger partial charge in [0.25, 0.3) is 5.91 Å². The number of rotatable bonds is 4. The van der Waals surface area contributed by atoms with Gasteiger partial charge >= 0.3 is 0 Å². The Kier molecular flexibility index (Phi) is 4.54. The van der Waals surface area contributed by atoms with Gasteiger partial charge in [0.15, 0.2) is 0 Å². The third kappa shape index (κ3) is 2.64. The summed E-state index contributed by atoms with van der Waals surface area (Å²) in [6, 6.07) is 0. The first-order valence-electron chi connectivity index (χ1n) is 3.66. The number of hydroxylamine groups is 2. The summed E-state index contributed by atoms with van der Waals surface area (Å²) in [6.07, 6.45) is 0.501. The van der Waals surface area contributed by atoms with E-state index in [1.165, 1.54) is 20.2 Å². The van der Waals surface area contributed by atoms with Crippen LogP contribution in [0.1, 0.15) is 6.92 Å². The molecule has 0 spiro atoms. The molecule has 0 aromatic carbocycles. The van der Waals surface area contributed by atoms with Crippen molar-refractivity contribution in [2.75, 3.05) is 14.2 Å². The summed E-state index contributed by atoms with van der Waals surface area (Å²) in [5.41, 5.74) is 0. The molecule has 0 fully saturated rings. The number of nitrogens with zero attached hydrogens (tertiary/aromatic N) is 1. The van der Waals surface area contributed by atoms with Gasteiger partial charge < -0.3 is 5.11 Å². The van der Waals surface area contributed by atoms with Crippen molar-refractivity contribution < 1.29 is 14.7 Å². The maximum Gasteiger partial charge on any atom is 0.251 e. The minimum absolute atomic E-state index is 0.273. The lowest BCUT2D eigenvalue weighted by Crippen LogP contribution is -2.35. The van der Waals surface area contributed by atoms with Crippen molar-refractivity contribution in [2.45, 2.75) is 13.0 Å². The maximum absolute atomic E-state index is 11.3. The highest BCUT2D eigenvalue weighted by molar-refractivity contribution is 5.78. The van der Waals surface area contributed by atoms with Gasteiger partial charge in [-0.05, 0) is 0 Å². The Bertz CT molecular complexity index is 170. The third-order valence-corrected chi connectivity index (χ3v) is 1.73. The normalized spacial score (nSPS) is 15.0. The fraction of sp³-hybridized carbons (Fsp3) is 0.625. The molecule has 0 saturated carbocycles. The van der Waals surface area contributed by atoms with Crippen LogP contribution in [0.3, 0.4) is 0 Å². The Morgan fingerprint density at radius 3 is 2.58 bits per heavy atom. The second-order valence-corrected chi connectivity index (χ2v) is 2.53. The van der Waals surface area contributed by atoms with Gasteiger partial charge in [0.2, 0.25) is 0 Å². The van der Waals surface area contributed by atoms with Crippen LogP contribution in [0.2, 0.25) is 0 Å². The lowest BCUT2D eigenvalue weighted by Gasteiger charge is -2.20. The average Bonchev–Trinajstić information content (AvgIpc) is 2.12. The molecule has 0 bridgehead atoms. The average molecular weight is 173 g/mol. The van der Waals surface area contributed by atoms with E-state index in [0.29, 0.717) is 0 Å². The van der Waals surface area contributed by atoms with Crippen LogP contribution in [0.4, 0.5) is 0 Å². The number of amides is 1. The summed E-state index contributed by atoms with van der Waals surface area (Å²) in [5.74, 6) is -0.794. The predicted octanol–water partition coefficient (Wildman–Crippen LogP) is 0.189. The number of carbonyl (C=O) groups is 1. The van der Waals surface area contributed by atoms with Crippen LogP contribution in [0.15, 0.2) is 12.7 Å². The van der Waals surface area contributed by atoms with Gasteiger partial charge in [0.05, 0.1) is 19.1 Å². The van der Waals surface area contributed by atoms with Crippen molar-refractivity contribution in [2.24, 2.45) is 5.92 Å². The lowest BCUT2D eigenvalue weighted by atomic mass is 10.0. The quantitative estimate of drug-likeness (QED) is 0.487. The van der Waals surface area contributed by atoms with Crippen LogP contribution in [0.5, 0.6) is 0 Å². The van der Waals surface area contributed by atoms with E-state index in [-0.39, 0.29) is 5.91 Å². The molecule has 0 heterocycles. The van der Waals surface area contributed by atoms with Crippen molar-refractivity contribution in [1.82, 2.24) is 5.06 Å². The SMILES string of the molecule is C=C[C@@H](O)[C@H](C)C(=O)N(C)OC. The van der Waals surface area contributed by atoms with Gasteiger partial charge in [-0.15, -0.1) is 6.58 Å². The maximum atomic E-state index is 11.3. The molecule has 0 aliphatic heterocycles. The topological polar surface area (TPSA) is 49.8 Å². The van der Waals surface area contributed by atoms with Gasteiger partial charge in [0.1, 0.15) is 0 Å². The molecule has 0 aromatic heterocycles. The molecule has 0 saturated heterocycles. The zero-order valence-electron chi connectivity index (χ0n) is 7.65. The van der Waals surface area contributed by atoms with Gasteiger partial charge in [-0.2, -0.15) is 0 Å². The van der Waals surface area contributed by atoms with E-state index in [0.717, 1.165) is 5.06 Å². The number of hydrogen-bond acceptors (Lipinski definition) is 3. The Morgan fingerprint density at radius 2 is 2.25 bits per heavy atom. The molecule has 0 aromatic rings. The number of aliphatic hydroxyl groups is 1. The second kappa shape index (κ2) is 4.90. The molecule has 1 N–H and O–H groups in total. The van der Waals surface area contributed by atoms with Crippen LogP contribution in [-0.4, -0.2) is 36.3 Å². The molecule has 1 amide bonds. The molecule has 4 heteroatoms. The summed E-state index contributed by atoms with van der Waals surface area (Å²) in [6.45, 7) is 5.00. The number of hydrogen-bond donors (Lipinski definition) is 1. The van der Waals surface area contributed by atoms with Crippen molar-refractivity contribution in [3.05, 3.63) is 12.7 Å².